The van der Waals surface area contributed by atoms with Gasteiger partial charge in [0.15, 0.2) is 0 Å². The van der Waals surface area contributed by atoms with Gasteiger partial charge in [-0.1, -0.05) is 30.3 Å². The molecular weight excluding hydrogens is 342 g/mol. The number of carbonyl (C=O) groups excluding carboxylic acids is 2. The number of nitrogens with zero attached hydrogens (tertiary/aromatic N) is 1. The Balaban J connectivity index is 1.44. The largest absolute Gasteiger partial charge is 0.497 e. The van der Waals surface area contributed by atoms with E-state index in [-0.39, 0.29) is 29.9 Å². The SMILES string of the molecule is COc1ccc(C(=O)N2C(=O)CC3C(OCc4ccccc4)CCC32)cc1. The number of methoxy groups -OCH3 is 1. The summed E-state index contributed by atoms with van der Waals surface area (Å²) in [5.74, 6) is 0.452. The van der Waals surface area contributed by atoms with Crippen LogP contribution in [0.1, 0.15) is 35.2 Å². The van der Waals surface area contributed by atoms with Gasteiger partial charge in [-0.25, -0.2) is 0 Å². The number of rotatable bonds is 5. The first-order valence-corrected chi connectivity index (χ1v) is 9.33. The number of carbonyl (C=O) groups is 2. The van der Waals surface area contributed by atoms with Crippen LogP contribution in [0.25, 0.3) is 0 Å². The molecule has 2 aromatic rings. The smallest absolute Gasteiger partial charge is 0.260 e. The van der Waals surface area contributed by atoms with Crippen LogP contribution in [0, 0.1) is 5.92 Å². The number of benzene rings is 2. The minimum absolute atomic E-state index is 0.0211. The second-order valence-electron chi connectivity index (χ2n) is 7.15. The minimum Gasteiger partial charge on any atom is -0.497 e. The molecule has 1 aliphatic carbocycles. The van der Waals surface area contributed by atoms with E-state index in [2.05, 4.69) is 0 Å². The lowest BCUT2D eigenvalue weighted by Crippen LogP contribution is -2.39. The zero-order valence-electron chi connectivity index (χ0n) is 15.3. The highest BCUT2D eigenvalue weighted by Gasteiger charge is 2.50. The van der Waals surface area contributed by atoms with Gasteiger partial charge in [-0.05, 0) is 42.7 Å². The fourth-order valence-electron chi connectivity index (χ4n) is 4.20. The molecule has 1 heterocycles. The van der Waals surface area contributed by atoms with Crippen molar-refractivity contribution < 1.29 is 19.1 Å². The molecule has 140 valence electrons. The number of amides is 2. The van der Waals surface area contributed by atoms with Gasteiger partial charge in [0, 0.05) is 23.9 Å². The van der Waals surface area contributed by atoms with Gasteiger partial charge in [0.1, 0.15) is 5.75 Å². The van der Waals surface area contributed by atoms with Crippen molar-refractivity contribution in [2.45, 2.75) is 38.0 Å². The summed E-state index contributed by atoms with van der Waals surface area (Å²) in [4.78, 5) is 26.9. The highest BCUT2D eigenvalue weighted by atomic mass is 16.5. The molecule has 0 bridgehead atoms. The summed E-state index contributed by atoms with van der Waals surface area (Å²) in [7, 11) is 1.58. The predicted molar refractivity (Wildman–Crippen MR) is 100 cm³/mol. The molecular formula is C22H23NO4. The number of hydrogen-bond acceptors (Lipinski definition) is 4. The number of fused-ring (bicyclic) bond motifs is 1. The second kappa shape index (κ2) is 7.53. The lowest BCUT2D eigenvalue weighted by Gasteiger charge is -2.23. The van der Waals surface area contributed by atoms with E-state index in [1.165, 1.54) is 4.90 Å². The molecule has 27 heavy (non-hydrogen) atoms. The molecule has 1 aliphatic heterocycles. The summed E-state index contributed by atoms with van der Waals surface area (Å²) in [5, 5.41) is 0. The third-order valence-corrected chi connectivity index (χ3v) is 5.59. The van der Waals surface area contributed by atoms with Crippen LogP contribution in [0.2, 0.25) is 0 Å². The van der Waals surface area contributed by atoms with Crippen LogP contribution < -0.4 is 4.74 Å². The molecule has 2 fully saturated rings. The average Bonchev–Trinajstić information content (AvgIpc) is 3.24. The molecule has 2 amide bonds. The maximum absolute atomic E-state index is 12.9. The van der Waals surface area contributed by atoms with Gasteiger partial charge in [-0.15, -0.1) is 0 Å². The van der Waals surface area contributed by atoms with Crippen molar-refractivity contribution in [1.29, 1.82) is 0 Å². The van der Waals surface area contributed by atoms with Gasteiger partial charge in [-0.3, -0.25) is 14.5 Å². The lowest BCUT2D eigenvalue weighted by molar-refractivity contribution is -0.126. The van der Waals surface area contributed by atoms with Crippen LogP contribution in [-0.4, -0.2) is 36.0 Å². The van der Waals surface area contributed by atoms with Crippen molar-refractivity contribution in [3.05, 3.63) is 65.7 Å². The Morgan fingerprint density at radius 3 is 2.52 bits per heavy atom. The third kappa shape index (κ3) is 3.47. The third-order valence-electron chi connectivity index (χ3n) is 5.59. The molecule has 0 aromatic heterocycles. The molecule has 0 radical (unpaired) electrons. The summed E-state index contributed by atoms with van der Waals surface area (Å²) in [6, 6.07) is 16.9. The first-order valence-electron chi connectivity index (χ1n) is 9.33. The first kappa shape index (κ1) is 17.7. The molecule has 3 atom stereocenters. The Morgan fingerprint density at radius 2 is 1.81 bits per heavy atom. The van der Waals surface area contributed by atoms with Crippen LogP contribution in [0.15, 0.2) is 54.6 Å². The molecule has 0 spiro atoms. The Hall–Kier alpha value is -2.66. The highest BCUT2D eigenvalue weighted by Crippen LogP contribution is 2.41. The summed E-state index contributed by atoms with van der Waals surface area (Å²) >= 11 is 0. The molecule has 1 saturated carbocycles. The summed E-state index contributed by atoms with van der Waals surface area (Å²) in [6.45, 7) is 0.537. The molecule has 3 unspecified atom stereocenters. The Labute approximate surface area is 158 Å². The normalized spacial score (nSPS) is 24.1. The van der Waals surface area contributed by atoms with Crippen molar-refractivity contribution in [3.8, 4) is 5.75 Å². The van der Waals surface area contributed by atoms with Crippen molar-refractivity contribution in [2.24, 2.45) is 5.92 Å². The van der Waals surface area contributed by atoms with E-state index in [0.29, 0.717) is 24.3 Å². The second-order valence-corrected chi connectivity index (χ2v) is 7.15. The summed E-state index contributed by atoms with van der Waals surface area (Å²) < 4.78 is 11.2. The molecule has 5 heteroatoms. The monoisotopic (exact) mass is 365 g/mol. The average molecular weight is 365 g/mol. The van der Waals surface area contributed by atoms with Crippen molar-refractivity contribution in [3.63, 3.8) is 0 Å². The number of likely N-dealkylation sites (tertiary alicyclic amines) is 1. The highest BCUT2D eigenvalue weighted by molar-refractivity contribution is 6.06. The molecule has 2 aromatic carbocycles. The quantitative estimate of drug-likeness (QED) is 0.762. The Morgan fingerprint density at radius 1 is 1.07 bits per heavy atom. The van der Waals surface area contributed by atoms with Gasteiger partial charge < -0.3 is 9.47 Å². The molecule has 5 nitrogen and oxygen atoms in total. The number of imide groups is 1. The van der Waals surface area contributed by atoms with E-state index in [1.807, 2.05) is 30.3 Å². The van der Waals surface area contributed by atoms with E-state index in [9.17, 15) is 9.59 Å². The van der Waals surface area contributed by atoms with E-state index in [1.54, 1.807) is 31.4 Å². The number of hydrogen-bond donors (Lipinski definition) is 0. The zero-order chi connectivity index (χ0) is 18.8. The minimum atomic E-state index is -0.223. The van der Waals surface area contributed by atoms with Crippen LogP contribution in [0.3, 0.4) is 0 Å². The van der Waals surface area contributed by atoms with E-state index in [0.717, 1.165) is 18.4 Å². The zero-order valence-corrected chi connectivity index (χ0v) is 15.3. The van der Waals surface area contributed by atoms with Crippen LogP contribution >= 0.6 is 0 Å². The Bertz CT molecular complexity index is 818. The van der Waals surface area contributed by atoms with E-state index in [4.69, 9.17) is 9.47 Å². The number of ether oxygens (including phenoxy) is 2. The molecule has 2 aliphatic rings. The van der Waals surface area contributed by atoms with Crippen LogP contribution in [-0.2, 0) is 16.1 Å². The topological polar surface area (TPSA) is 55.8 Å². The summed E-state index contributed by atoms with van der Waals surface area (Å²) in [6.07, 6.45) is 2.08. The van der Waals surface area contributed by atoms with Gasteiger partial charge in [-0.2, -0.15) is 0 Å². The molecule has 0 N–H and O–H groups in total. The van der Waals surface area contributed by atoms with Crippen molar-refractivity contribution >= 4 is 11.8 Å². The van der Waals surface area contributed by atoms with Crippen molar-refractivity contribution in [2.75, 3.05) is 7.11 Å². The fraction of sp³-hybridized carbons (Fsp3) is 0.364. The van der Waals surface area contributed by atoms with E-state index >= 15 is 0 Å². The summed E-state index contributed by atoms with van der Waals surface area (Å²) in [5.41, 5.74) is 1.63. The van der Waals surface area contributed by atoms with Crippen LogP contribution in [0.5, 0.6) is 5.75 Å². The van der Waals surface area contributed by atoms with Gasteiger partial charge >= 0.3 is 0 Å². The maximum Gasteiger partial charge on any atom is 0.260 e. The molecule has 1 saturated heterocycles. The predicted octanol–water partition coefficient (Wildman–Crippen LogP) is 3.43. The van der Waals surface area contributed by atoms with Gasteiger partial charge in [0.25, 0.3) is 5.91 Å². The van der Waals surface area contributed by atoms with Gasteiger partial charge in [0.2, 0.25) is 5.91 Å². The standard InChI is InChI=1S/C22H23NO4/c1-26-17-9-7-16(8-10-17)22(25)23-19-11-12-20(18(19)13-21(23)24)27-14-15-5-3-2-4-6-15/h2-10,18-20H,11-14H2,1H3. The van der Waals surface area contributed by atoms with Gasteiger partial charge in [0.05, 0.1) is 19.8 Å². The van der Waals surface area contributed by atoms with E-state index < -0.39 is 0 Å². The van der Waals surface area contributed by atoms with Crippen LogP contribution in [0.4, 0.5) is 0 Å². The Kier molecular flexibility index (Phi) is 4.94. The lowest BCUT2D eigenvalue weighted by atomic mass is 10.0. The first-order chi connectivity index (χ1) is 13.2. The van der Waals surface area contributed by atoms with Crippen molar-refractivity contribution in [1.82, 2.24) is 4.90 Å². The molecule has 4 rings (SSSR count). The maximum atomic E-state index is 12.9. The fourth-order valence-corrected chi connectivity index (χ4v) is 4.20.